The van der Waals surface area contributed by atoms with E-state index >= 15 is 0 Å². The van der Waals surface area contributed by atoms with Crippen molar-refractivity contribution in [2.24, 2.45) is 0 Å². The molecule has 0 spiro atoms. The van der Waals surface area contributed by atoms with E-state index in [0.717, 1.165) is 23.2 Å². The summed E-state index contributed by atoms with van der Waals surface area (Å²) in [5.74, 6) is -0.409. The van der Waals surface area contributed by atoms with Gasteiger partial charge in [0.25, 0.3) is 5.91 Å². The van der Waals surface area contributed by atoms with Crippen LogP contribution in [0, 0.1) is 12.7 Å². The van der Waals surface area contributed by atoms with Gasteiger partial charge in [0.1, 0.15) is 5.82 Å². The Hall–Kier alpha value is -3.06. The van der Waals surface area contributed by atoms with E-state index in [-0.39, 0.29) is 11.7 Å². The molecule has 28 heavy (non-hydrogen) atoms. The summed E-state index contributed by atoms with van der Waals surface area (Å²) in [5.41, 5.74) is 2.33. The van der Waals surface area contributed by atoms with Crippen molar-refractivity contribution in [1.29, 1.82) is 0 Å². The van der Waals surface area contributed by atoms with Crippen molar-refractivity contribution in [3.8, 4) is 0 Å². The Kier molecular flexibility index (Phi) is 5.16. The lowest BCUT2D eigenvalue weighted by molar-refractivity contribution is 0.0986. The number of amides is 1. The first kappa shape index (κ1) is 18.3. The summed E-state index contributed by atoms with van der Waals surface area (Å²) in [7, 11) is 0. The minimum Gasteiger partial charge on any atom is -0.337 e. The van der Waals surface area contributed by atoms with E-state index in [4.69, 9.17) is 0 Å². The maximum absolute atomic E-state index is 13.6. The molecule has 0 aliphatic carbocycles. The van der Waals surface area contributed by atoms with E-state index in [9.17, 15) is 9.18 Å². The van der Waals surface area contributed by atoms with Crippen LogP contribution < -0.4 is 4.90 Å². The third-order valence-electron chi connectivity index (χ3n) is 4.44. The highest BCUT2D eigenvalue weighted by molar-refractivity contribution is 7.22. The smallest absolute Gasteiger partial charge is 0.260 e. The molecule has 4 rings (SSSR count). The number of nitrogens with zero attached hydrogens (tertiary/aromatic N) is 4. The molecule has 2 aromatic heterocycles. The Morgan fingerprint density at radius 1 is 1.25 bits per heavy atom. The van der Waals surface area contributed by atoms with Gasteiger partial charge in [-0.1, -0.05) is 29.0 Å². The standard InChI is InChI=1S/C21H19FN4OS/c1-15-4-2-5-16(12-15)20(27)26(10-3-9-25-11-8-23-14-25)21-24-18-7-6-17(22)13-19(18)28-21/h2,4-8,11-14H,3,9-10H2,1H3. The van der Waals surface area contributed by atoms with Crippen LogP contribution in [0.2, 0.25) is 0 Å². The van der Waals surface area contributed by atoms with Crippen molar-refractivity contribution in [3.05, 3.63) is 78.1 Å². The average Bonchev–Trinajstić information content (AvgIpc) is 3.34. The summed E-state index contributed by atoms with van der Waals surface area (Å²) < 4.78 is 16.3. The number of thiazole rings is 1. The lowest BCUT2D eigenvalue weighted by atomic mass is 10.1. The normalized spacial score (nSPS) is 11.1. The van der Waals surface area contributed by atoms with Gasteiger partial charge in [0.05, 0.1) is 16.5 Å². The summed E-state index contributed by atoms with van der Waals surface area (Å²) in [5, 5.41) is 0.581. The predicted molar refractivity (Wildman–Crippen MR) is 109 cm³/mol. The number of hydrogen-bond acceptors (Lipinski definition) is 4. The number of imidazole rings is 1. The number of aryl methyl sites for hydroxylation is 2. The predicted octanol–water partition coefficient (Wildman–Crippen LogP) is 4.68. The molecule has 0 saturated carbocycles. The Balaban J connectivity index is 1.63. The molecule has 0 radical (unpaired) electrons. The zero-order valence-corrected chi connectivity index (χ0v) is 16.2. The van der Waals surface area contributed by atoms with Gasteiger partial charge in [-0.05, 0) is 43.7 Å². The summed E-state index contributed by atoms with van der Waals surface area (Å²) in [6, 6.07) is 12.0. The second-order valence-corrected chi connectivity index (χ2v) is 7.60. The van der Waals surface area contributed by atoms with Crippen LogP contribution in [0.4, 0.5) is 9.52 Å². The average molecular weight is 394 g/mol. The molecule has 7 heteroatoms. The molecular weight excluding hydrogens is 375 g/mol. The third-order valence-corrected chi connectivity index (χ3v) is 5.48. The van der Waals surface area contributed by atoms with Gasteiger partial charge >= 0.3 is 0 Å². The molecule has 2 aromatic carbocycles. The van der Waals surface area contributed by atoms with Gasteiger partial charge in [-0.15, -0.1) is 0 Å². The summed E-state index contributed by atoms with van der Waals surface area (Å²) in [6.45, 7) is 3.21. The molecule has 0 unspecified atom stereocenters. The van der Waals surface area contributed by atoms with E-state index in [2.05, 4.69) is 9.97 Å². The van der Waals surface area contributed by atoms with Crippen molar-refractivity contribution < 1.29 is 9.18 Å². The van der Waals surface area contributed by atoms with E-state index < -0.39 is 0 Å². The highest BCUT2D eigenvalue weighted by Gasteiger charge is 2.21. The highest BCUT2D eigenvalue weighted by atomic mass is 32.1. The number of carbonyl (C=O) groups is 1. The molecule has 0 aliphatic rings. The SMILES string of the molecule is Cc1cccc(C(=O)N(CCCn2ccnc2)c2nc3ccc(F)cc3s2)c1. The van der Waals surface area contributed by atoms with Gasteiger partial charge in [-0.2, -0.15) is 0 Å². The highest BCUT2D eigenvalue weighted by Crippen LogP contribution is 2.30. The minimum atomic E-state index is -0.306. The van der Waals surface area contributed by atoms with Crippen LogP contribution in [0.25, 0.3) is 10.2 Å². The Morgan fingerprint density at radius 2 is 2.14 bits per heavy atom. The first-order valence-corrected chi connectivity index (χ1v) is 9.82. The van der Waals surface area contributed by atoms with E-state index in [0.29, 0.717) is 22.8 Å². The summed E-state index contributed by atoms with van der Waals surface area (Å²) >= 11 is 1.33. The Bertz CT molecular complexity index is 1110. The number of fused-ring (bicyclic) bond motifs is 1. The van der Waals surface area contributed by atoms with Crippen LogP contribution in [0.3, 0.4) is 0 Å². The third kappa shape index (κ3) is 3.94. The molecule has 0 N–H and O–H groups in total. The zero-order valence-electron chi connectivity index (χ0n) is 15.4. The van der Waals surface area contributed by atoms with Gasteiger partial charge in [0.2, 0.25) is 0 Å². The monoisotopic (exact) mass is 394 g/mol. The molecule has 0 fully saturated rings. The minimum absolute atomic E-state index is 0.103. The van der Waals surface area contributed by atoms with E-state index in [1.165, 1.54) is 23.5 Å². The molecule has 0 aliphatic heterocycles. The summed E-state index contributed by atoms with van der Waals surface area (Å²) in [6.07, 6.45) is 6.14. The van der Waals surface area contributed by atoms with Gasteiger partial charge in [0.15, 0.2) is 5.13 Å². The van der Waals surface area contributed by atoms with Gasteiger partial charge in [-0.3, -0.25) is 9.69 Å². The van der Waals surface area contributed by atoms with Crippen LogP contribution in [-0.2, 0) is 6.54 Å². The topological polar surface area (TPSA) is 51.0 Å². The maximum atomic E-state index is 13.6. The van der Waals surface area contributed by atoms with Crippen LogP contribution in [0.15, 0.2) is 61.2 Å². The quantitative estimate of drug-likeness (QED) is 0.477. The van der Waals surface area contributed by atoms with Crippen LogP contribution >= 0.6 is 11.3 Å². The molecule has 0 bridgehead atoms. The largest absolute Gasteiger partial charge is 0.337 e. The van der Waals surface area contributed by atoms with Gasteiger partial charge in [0, 0.05) is 31.0 Å². The van der Waals surface area contributed by atoms with Crippen LogP contribution in [0.5, 0.6) is 0 Å². The number of carbonyl (C=O) groups excluding carboxylic acids is 1. The Labute approximate surface area is 166 Å². The van der Waals surface area contributed by atoms with Crippen LogP contribution in [-0.4, -0.2) is 27.0 Å². The number of benzene rings is 2. The van der Waals surface area contributed by atoms with Crippen molar-refractivity contribution in [1.82, 2.24) is 14.5 Å². The molecule has 1 amide bonds. The van der Waals surface area contributed by atoms with Crippen molar-refractivity contribution in [2.75, 3.05) is 11.4 Å². The second-order valence-electron chi connectivity index (χ2n) is 6.59. The zero-order chi connectivity index (χ0) is 19.5. The molecule has 2 heterocycles. The van der Waals surface area contributed by atoms with E-state index in [1.54, 1.807) is 23.5 Å². The fourth-order valence-electron chi connectivity index (χ4n) is 3.05. The molecule has 0 saturated heterocycles. The number of aromatic nitrogens is 3. The number of hydrogen-bond donors (Lipinski definition) is 0. The lowest BCUT2D eigenvalue weighted by Crippen LogP contribution is -2.32. The maximum Gasteiger partial charge on any atom is 0.260 e. The number of halogens is 1. The molecule has 142 valence electrons. The summed E-state index contributed by atoms with van der Waals surface area (Å²) in [4.78, 5) is 23.5. The fraction of sp³-hybridized carbons (Fsp3) is 0.190. The van der Waals surface area contributed by atoms with Crippen molar-refractivity contribution in [3.63, 3.8) is 0 Å². The van der Waals surface area contributed by atoms with Crippen molar-refractivity contribution in [2.45, 2.75) is 19.9 Å². The van der Waals surface area contributed by atoms with Gasteiger partial charge < -0.3 is 4.57 Å². The number of anilines is 1. The molecular formula is C21H19FN4OS. The van der Waals surface area contributed by atoms with Crippen LogP contribution in [0.1, 0.15) is 22.3 Å². The van der Waals surface area contributed by atoms with Gasteiger partial charge in [-0.25, -0.2) is 14.4 Å². The molecule has 4 aromatic rings. The Morgan fingerprint density at radius 3 is 2.93 bits per heavy atom. The lowest BCUT2D eigenvalue weighted by Gasteiger charge is -2.20. The molecule has 0 atom stereocenters. The molecule has 5 nitrogen and oxygen atoms in total. The second kappa shape index (κ2) is 7.90. The van der Waals surface area contributed by atoms with E-state index in [1.807, 2.05) is 42.0 Å². The fourth-order valence-corrected chi connectivity index (χ4v) is 4.06. The first-order valence-electron chi connectivity index (χ1n) is 9.00. The van der Waals surface area contributed by atoms with Crippen molar-refractivity contribution >= 4 is 32.6 Å². The first-order chi connectivity index (χ1) is 13.6. The number of rotatable bonds is 6.